The highest BCUT2D eigenvalue weighted by atomic mass is 79.9. The quantitative estimate of drug-likeness (QED) is 0.710. The van der Waals surface area contributed by atoms with Gasteiger partial charge in [0.2, 0.25) is 0 Å². The lowest BCUT2D eigenvalue weighted by molar-refractivity contribution is -0.139. The van der Waals surface area contributed by atoms with Gasteiger partial charge in [-0.1, -0.05) is 58.4 Å². The molecule has 0 saturated heterocycles. The largest absolute Gasteiger partial charge is 0.463 e. The zero-order valence-corrected chi connectivity index (χ0v) is 16.8. The highest BCUT2D eigenvalue weighted by molar-refractivity contribution is 9.10. The summed E-state index contributed by atoms with van der Waals surface area (Å²) in [6.45, 7) is 4.22. The van der Waals surface area contributed by atoms with E-state index >= 15 is 0 Å². The number of allylic oxidation sites excluding steroid dienone is 1. The topological polar surface area (TPSA) is 58.6 Å². The zero-order chi connectivity index (χ0) is 19.4. The van der Waals surface area contributed by atoms with E-state index in [0.29, 0.717) is 17.8 Å². The molecule has 6 heteroatoms. The van der Waals surface area contributed by atoms with Crippen LogP contribution >= 0.6 is 15.9 Å². The van der Waals surface area contributed by atoms with E-state index in [1.807, 2.05) is 54.6 Å². The summed E-state index contributed by atoms with van der Waals surface area (Å²) in [6, 6.07) is 16.4. The summed E-state index contributed by atoms with van der Waals surface area (Å²) in [4.78, 5) is 27.1. The number of benzene rings is 2. The monoisotopic (exact) mass is 428 g/mol. The van der Waals surface area contributed by atoms with Crippen LogP contribution in [0.4, 0.5) is 4.79 Å². The van der Waals surface area contributed by atoms with Crippen LogP contribution in [0, 0.1) is 0 Å². The Morgan fingerprint density at radius 2 is 1.81 bits per heavy atom. The number of urea groups is 1. The summed E-state index contributed by atoms with van der Waals surface area (Å²) in [5.41, 5.74) is 2.87. The zero-order valence-electron chi connectivity index (χ0n) is 15.2. The van der Waals surface area contributed by atoms with Crippen molar-refractivity contribution in [1.82, 2.24) is 10.2 Å². The second-order valence-electron chi connectivity index (χ2n) is 6.23. The van der Waals surface area contributed by atoms with Gasteiger partial charge in [-0.15, -0.1) is 0 Å². The van der Waals surface area contributed by atoms with Crippen LogP contribution in [-0.2, 0) is 16.1 Å². The lowest BCUT2D eigenvalue weighted by Gasteiger charge is -2.35. The third-order valence-corrected chi connectivity index (χ3v) is 5.01. The fraction of sp³-hybridized carbons (Fsp3) is 0.238. The van der Waals surface area contributed by atoms with Gasteiger partial charge in [0.15, 0.2) is 0 Å². The van der Waals surface area contributed by atoms with Gasteiger partial charge < -0.3 is 10.1 Å². The van der Waals surface area contributed by atoms with E-state index in [1.54, 1.807) is 18.7 Å². The minimum atomic E-state index is -0.545. The molecule has 140 valence electrons. The van der Waals surface area contributed by atoms with Gasteiger partial charge in [-0.2, -0.15) is 0 Å². The van der Waals surface area contributed by atoms with E-state index in [9.17, 15) is 9.59 Å². The van der Waals surface area contributed by atoms with E-state index in [1.165, 1.54) is 0 Å². The predicted molar refractivity (Wildman–Crippen MR) is 107 cm³/mol. The van der Waals surface area contributed by atoms with Crippen LogP contribution in [0.5, 0.6) is 0 Å². The van der Waals surface area contributed by atoms with Gasteiger partial charge in [-0.3, -0.25) is 4.90 Å². The fourth-order valence-corrected chi connectivity index (χ4v) is 3.38. The van der Waals surface area contributed by atoms with Gasteiger partial charge >= 0.3 is 12.0 Å². The first kappa shape index (κ1) is 19.2. The Morgan fingerprint density at radius 1 is 1.15 bits per heavy atom. The number of amides is 2. The van der Waals surface area contributed by atoms with Gasteiger partial charge in [0.25, 0.3) is 0 Å². The molecule has 1 heterocycles. The molecular formula is C21H21BrN2O3. The Labute approximate surface area is 167 Å². The number of nitrogens with one attached hydrogen (secondary N) is 1. The number of ether oxygens (including phenoxy) is 1. The van der Waals surface area contributed by atoms with E-state index in [-0.39, 0.29) is 12.6 Å². The Balaban J connectivity index is 2.02. The number of hydrogen-bond acceptors (Lipinski definition) is 3. The Morgan fingerprint density at radius 3 is 2.44 bits per heavy atom. The summed E-state index contributed by atoms with van der Waals surface area (Å²) in [6.07, 6.45) is 0. The van der Waals surface area contributed by atoms with Crippen molar-refractivity contribution in [2.75, 3.05) is 6.61 Å². The molecule has 2 aromatic rings. The number of carbonyl (C=O) groups excluding carboxylic acids is 2. The first-order valence-corrected chi connectivity index (χ1v) is 9.56. The summed E-state index contributed by atoms with van der Waals surface area (Å²) in [7, 11) is 0. The molecule has 1 aliphatic rings. The summed E-state index contributed by atoms with van der Waals surface area (Å²) in [5.74, 6) is -0.416. The van der Waals surface area contributed by atoms with Crippen LogP contribution in [0.1, 0.15) is 31.0 Å². The first-order valence-electron chi connectivity index (χ1n) is 8.76. The molecule has 0 aliphatic carbocycles. The number of rotatable bonds is 5. The number of carbonyl (C=O) groups is 2. The molecule has 5 nitrogen and oxygen atoms in total. The van der Waals surface area contributed by atoms with Crippen molar-refractivity contribution in [2.24, 2.45) is 0 Å². The van der Waals surface area contributed by atoms with Crippen molar-refractivity contribution in [1.29, 1.82) is 0 Å². The average molecular weight is 429 g/mol. The summed E-state index contributed by atoms with van der Waals surface area (Å²) in [5, 5.41) is 2.96. The number of halogens is 1. The molecule has 0 spiro atoms. The third-order valence-electron chi connectivity index (χ3n) is 4.48. The molecule has 0 aromatic heterocycles. The van der Waals surface area contributed by atoms with Crippen LogP contribution in [0.2, 0.25) is 0 Å². The SMILES string of the molecule is CCOC(=O)C1=C(C)N(Cc2ccccc2)C(=O)N[C@H]1c1ccc(Br)cc1. The molecule has 0 fully saturated rings. The Hall–Kier alpha value is -2.60. The van der Waals surface area contributed by atoms with Crippen LogP contribution in [0.25, 0.3) is 0 Å². The molecule has 0 bridgehead atoms. The minimum absolute atomic E-state index is 0.239. The number of hydrogen-bond donors (Lipinski definition) is 1. The second kappa shape index (κ2) is 8.39. The van der Waals surface area contributed by atoms with Crippen molar-refractivity contribution in [2.45, 2.75) is 26.4 Å². The number of esters is 1. The fourth-order valence-electron chi connectivity index (χ4n) is 3.12. The standard InChI is InChI=1S/C21H21BrN2O3/c1-3-27-20(25)18-14(2)24(13-15-7-5-4-6-8-15)21(26)23-19(18)16-9-11-17(22)12-10-16/h4-12,19H,3,13H2,1-2H3,(H,23,26)/t19-/m0/s1. The maximum Gasteiger partial charge on any atom is 0.338 e. The van der Waals surface area contributed by atoms with E-state index in [2.05, 4.69) is 21.2 Å². The van der Waals surface area contributed by atoms with Crippen molar-refractivity contribution in [3.8, 4) is 0 Å². The van der Waals surface area contributed by atoms with Crippen molar-refractivity contribution >= 4 is 27.9 Å². The molecule has 1 atom stereocenters. The van der Waals surface area contributed by atoms with Crippen molar-refractivity contribution in [3.63, 3.8) is 0 Å². The smallest absolute Gasteiger partial charge is 0.338 e. The second-order valence-corrected chi connectivity index (χ2v) is 7.14. The van der Waals surface area contributed by atoms with Crippen LogP contribution in [0.15, 0.2) is 70.3 Å². The molecule has 27 heavy (non-hydrogen) atoms. The molecule has 0 saturated carbocycles. The minimum Gasteiger partial charge on any atom is -0.463 e. The van der Waals surface area contributed by atoms with Gasteiger partial charge in [0, 0.05) is 10.2 Å². The molecule has 1 aliphatic heterocycles. The molecule has 1 N–H and O–H groups in total. The van der Waals surface area contributed by atoms with Crippen LogP contribution in [-0.4, -0.2) is 23.5 Å². The molecule has 3 rings (SSSR count). The van der Waals surface area contributed by atoms with Crippen molar-refractivity contribution < 1.29 is 14.3 Å². The third kappa shape index (κ3) is 4.22. The molecule has 2 amide bonds. The first-order chi connectivity index (χ1) is 13.0. The van der Waals surface area contributed by atoms with E-state index in [0.717, 1.165) is 15.6 Å². The predicted octanol–water partition coefficient (Wildman–Crippen LogP) is 4.55. The Bertz CT molecular complexity index is 863. The van der Waals surface area contributed by atoms with Crippen LogP contribution < -0.4 is 5.32 Å². The lowest BCUT2D eigenvalue weighted by Crippen LogP contribution is -2.47. The highest BCUT2D eigenvalue weighted by Gasteiger charge is 2.36. The molecule has 0 unspecified atom stereocenters. The molecule has 0 radical (unpaired) electrons. The molecule has 2 aromatic carbocycles. The van der Waals surface area contributed by atoms with Crippen LogP contribution in [0.3, 0.4) is 0 Å². The van der Waals surface area contributed by atoms with Gasteiger partial charge in [-0.25, -0.2) is 9.59 Å². The summed E-state index contributed by atoms with van der Waals surface area (Å²) >= 11 is 3.41. The number of nitrogens with zero attached hydrogens (tertiary/aromatic N) is 1. The van der Waals surface area contributed by atoms with Gasteiger partial charge in [0.05, 0.1) is 24.8 Å². The maximum absolute atomic E-state index is 12.8. The molecular weight excluding hydrogens is 408 g/mol. The lowest BCUT2D eigenvalue weighted by atomic mass is 9.94. The Kier molecular flexibility index (Phi) is 5.96. The average Bonchev–Trinajstić information content (AvgIpc) is 2.66. The maximum atomic E-state index is 12.8. The van der Waals surface area contributed by atoms with E-state index in [4.69, 9.17) is 4.74 Å². The summed E-state index contributed by atoms with van der Waals surface area (Å²) < 4.78 is 6.21. The van der Waals surface area contributed by atoms with Crippen molar-refractivity contribution in [3.05, 3.63) is 81.5 Å². The van der Waals surface area contributed by atoms with Gasteiger partial charge in [0.1, 0.15) is 0 Å². The van der Waals surface area contributed by atoms with Gasteiger partial charge in [-0.05, 0) is 37.1 Å². The normalized spacial score (nSPS) is 16.9. The van der Waals surface area contributed by atoms with E-state index < -0.39 is 12.0 Å². The highest BCUT2D eigenvalue weighted by Crippen LogP contribution is 2.32.